The number of halogens is 4. The van der Waals surface area contributed by atoms with Crippen LogP contribution in [0.2, 0.25) is 0 Å². The van der Waals surface area contributed by atoms with Gasteiger partial charge in [0, 0.05) is 11.2 Å². The second-order valence-electron chi connectivity index (χ2n) is 3.30. The molecule has 0 aromatic carbocycles. The minimum Gasteiger partial charge on any atom is -0.271 e. The van der Waals surface area contributed by atoms with E-state index in [1.54, 1.807) is 6.08 Å². The number of nitrogens with zero attached hydrogens (tertiary/aromatic N) is 2. The molecule has 1 rings (SSSR count). The van der Waals surface area contributed by atoms with Crippen LogP contribution in [-0.2, 0) is 4.79 Å². The molecule has 3 unspecified atom stereocenters. The molecule has 7 heteroatoms. The molecular weight excluding hydrogens is 306 g/mol. The molecule has 1 amide bonds. The van der Waals surface area contributed by atoms with Crippen molar-refractivity contribution in [3.63, 3.8) is 0 Å². The number of alkyl halides is 3. The lowest BCUT2D eigenvalue weighted by atomic mass is 10.2. The van der Waals surface area contributed by atoms with E-state index in [0.717, 1.165) is 0 Å². The highest BCUT2D eigenvalue weighted by Gasteiger charge is 2.32. The Hall–Kier alpha value is -0.220. The number of allylic oxidation sites excluding steroid dienone is 2. The Kier molecular flexibility index (Phi) is 5.80. The lowest BCUT2D eigenvalue weighted by Crippen LogP contribution is -2.44. The van der Waals surface area contributed by atoms with Crippen molar-refractivity contribution in [2.24, 2.45) is 5.10 Å². The average molecular weight is 316 g/mol. The molecule has 3 atom stereocenters. The van der Waals surface area contributed by atoms with Gasteiger partial charge in [0.15, 0.2) is 0 Å². The second-order valence-corrected chi connectivity index (χ2v) is 5.27. The van der Waals surface area contributed by atoms with Crippen LogP contribution in [0.15, 0.2) is 28.9 Å². The van der Waals surface area contributed by atoms with Gasteiger partial charge in [-0.05, 0) is 6.08 Å². The molecule has 17 heavy (non-hydrogen) atoms. The third-order valence-electron chi connectivity index (χ3n) is 2.00. The van der Waals surface area contributed by atoms with Crippen molar-refractivity contribution in [3.8, 4) is 0 Å². The SMILES string of the molecule is C=C/C(Cl)=C\C(Cl)CN1N=CC(Cl)C(Cl)C1=O. The highest BCUT2D eigenvalue weighted by atomic mass is 35.5. The van der Waals surface area contributed by atoms with Crippen LogP contribution in [0, 0.1) is 0 Å². The Morgan fingerprint density at radius 3 is 2.88 bits per heavy atom. The van der Waals surface area contributed by atoms with Crippen molar-refractivity contribution >= 4 is 58.5 Å². The van der Waals surface area contributed by atoms with Crippen LogP contribution in [0.25, 0.3) is 0 Å². The summed E-state index contributed by atoms with van der Waals surface area (Å²) in [4.78, 5) is 11.7. The second kappa shape index (κ2) is 6.64. The van der Waals surface area contributed by atoms with Gasteiger partial charge in [0.25, 0.3) is 5.91 Å². The topological polar surface area (TPSA) is 32.7 Å². The fourth-order valence-electron chi connectivity index (χ4n) is 1.15. The zero-order valence-corrected chi connectivity index (χ0v) is 11.7. The highest BCUT2D eigenvalue weighted by molar-refractivity contribution is 6.42. The zero-order valence-electron chi connectivity index (χ0n) is 8.69. The van der Waals surface area contributed by atoms with Crippen LogP contribution >= 0.6 is 46.4 Å². The van der Waals surface area contributed by atoms with E-state index in [0.29, 0.717) is 5.03 Å². The number of carbonyl (C=O) groups is 1. The lowest BCUT2D eigenvalue weighted by molar-refractivity contribution is -0.131. The van der Waals surface area contributed by atoms with Gasteiger partial charge in [0.2, 0.25) is 0 Å². The summed E-state index contributed by atoms with van der Waals surface area (Å²) in [5, 5.41) is 3.57. The van der Waals surface area contributed by atoms with Crippen molar-refractivity contribution in [1.82, 2.24) is 5.01 Å². The standard InChI is InChI=1S/C10H10Cl4N2O/c1-2-6(11)3-7(12)5-16-10(17)9(14)8(13)4-15-16/h2-4,7-9H,1,5H2/b6-3+. The molecule has 0 saturated carbocycles. The van der Waals surface area contributed by atoms with Crippen molar-refractivity contribution in [2.75, 3.05) is 6.54 Å². The molecule has 3 nitrogen and oxygen atoms in total. The predicted molar refractivity (Wildman–Crippen MR) is 73.3 cm³/mol. The Balaban J connectivity index is 2.67. The summed E-state index contributed by atoms with van der Waals surface area (Å²) in [5.41, 5.74) is 0. The maximum Gasteiger partial charge on any atom is 0.262 e. The fraction of sp³-hybridized carbons (Fsp3) is 0.400. The van der Waals surface area contributed by atoms with Gasteiger partial charge in [-0.2, -0.15) is 5.10 Å². The summed E-state index contributed by atoms with van der Waals surface area (Å²) in [6, 6.07) is 0. The van der Waals surface area contributed by atoms with Crippen LogP contribution in [0.5, 0.6) is 0 Å². The Morgan fingerprint density at radius 1 is 1.65 bits per heavy atom. The van der Waals surface area contributed by atoms with Gasteiger partial charge in [-0.25, -0.2) is 5.01 Å². The molecule has 0 N–H and O–H groups in total. The van der Waals surface area contributed by atoms with Gasteiger partial charge in [-0.3, -0.25) is 4.79 Å². The van der Waals surface area contributed by atoms with Crippen LogP contribution in [0.3, 0.4) is 0 Å². The molecule has 0 aliphatic carbocycles. The number of amides is 1. The van der Waals surface area contributed by atoms with Gasteiger partial charge >= 0.3 is 0 Å². The monoisotopic (exact) mass is 314 g/mol. The molecular formula is C10H10Cl4N2O. The minimum atomic E-state index is -0.822. The van der Waals surface area contributed by atoms with Crippen LogP contribution in [-0.4, -0.2) is 39.8 Å². The van der Waals surface area contributed by atoms with Gasteiger partial charge in [-0.1, -0.05) is 24.3 Å². The Morgan fingerprint density at radius 2 is 2.29 bits per heavy atom. The maximum atomic E-state index is 11.7. The highest BCUT2D eigenvalue weighted by Crippen LogP contribution is 2.18. The van der Waals surface area contributed by atoms with Crippen molar-refractivity contribution in [3.05, 3.63) is 23.8 Å². The van der Waals surface area contributed by atoms with E-state index in [1.807, 2.05) is 0 Å². The molecule has 1 heterocycles. The summed E-state index contributed by atoms with van der Waals surface area (Å²) in [6.07, 6.45) is 4.43. The summed E-state index contributed by atoms with van der Waals surface area (Å²) >= 11 is 23.3. The van der Waals surface area contributed by atoms with E-state index in [-0.39, 0.29) is 12.5 Å². The molecule has 0 radical (unpaired) electrons. The number of rotatable bonds is 4. The quantitative estimate of drug-likeness (QED) is 0.580. The van der Waals surface area contributed by atoms with Gasteiger partial charge < -0.3 is 0 Å². The smallest absolute Gasteiger partial charge is 0.262 e. The lowest BCUT2D eigenvalue weighted by Gasteiger charge is -2.26. The number of hydrazone groups is 1. The first-order valence-corrected chi connectivity index (χ1v) is 6.42. The summed E-state index contributed by atoms with van der Waals surface area (Å²) < 4.78 is 0. The molecule has 94 valence electrons. The van der Waals surface area contributed by atoms with E-state index < -0.39 is 16.1 Å². The zero-order chi connectivity index (χ0) is 13.0. The van der Waals surface area contributed by atoms with Crippen LogP contribution in [0.4, 0.5) is 0 Å². The van der Waals surface area contributed by atoms with Crippen LogP contribution < -0.4 is 0 Å². The summed E-state index contributed by atoms with van der Waals surface area (Å²) in [6.45, 7) is 3.66. The summed E-state index contributed by atoms with van der Waals surface area (Å²) in [7, 11) is 0. The van der Waals surface area contributed by atoms with E-state index in [4.69, 9.17) is 46.4 Å². The Bertz CT molecular complexity index is 369. The van der Waals surface area contributed by atoms with Gasteiger partial charge in [0.1, 0.15) is 5.38 Å². The molecule has 0 saturated heterocycles. The first-order chi connectivity index (χ1) is 7.95. The molecule has 0 spiro atoms. The molecule has 0 fully saturated rings. The summed E-state index contributed by atoms with van der Waals surface area (Å²) in [5.74, 6) is -0.372. The first-order valence-electron chi connectivity index (χ1n) is 4.73. The Labute approximate surface area is 120 Å². The third-order valence-corrected chi connectivity index (χ3v) is 3.50. The van der Waals surface area contributed by atoms with E-state index in [1.165, 1.54) is 17.3 Å². The molecule has 1 aliphatic heterocycles. The van der Waals surface area contributed by atoms with Crippen molar-refractivity contribution in [2.45, 2.75) is 16.1 Å². The number of hydrogen-bond donors (Lipinski definition) is 0. The van der Waals surface area contributed by atoms with Crippen LogP contribution in [0.1, 0.15) is 0 Å². The van der Waals surface area contributed by atoms with E-state index >= 15 is 0 Å². The number of hydrogen-bond acceptors (Lipinski definition) is 2. The largest absolute Gasteiger partial charge is 0.271 e. The predicted octanol–water partition coefficient (Wildman–Crippen LogP) is 2.95. The minimum absolute atomic E-state index is 0.174. The fourth-order valence-corrected chi connectivity index (χ4v) is 1.97. The third kappa shape index (κ3) is 4.18. The van der Waals surface area contributed by atoms with Gasteiger partial charge in [0.05, 0.1) is 17.3 Å². The average Bonchev–Trinajstić information content (AvgIpc) is 2.29. The molecule has 0 aromatic rings. The van der Waals surface area contributed by atoms with Crippen molar-refractivity contribution < 1.29 is 4.79 Å². The maximum absolute atomic E-state index is 11.7. The van der Waals surface area contributed by atoms with E-state index in [2.05, 4.69) is 11.7 Å². The first kappa shape index (κ1) is 14.8. The number of carbonyl (C=O) groups excluding carboxylic acids is 1. The normalized spacial score (nSPS) is 27.2. The molecule has 0 bridgehead atoms. The van der Waals surface area contributed by atoms with E-state index in [9.17, 15) is 4.79 Å². The van der Waals surface area contributed by atoms with Crippen molar-refractivity contribution in [1.29, 1.82) is 0 Å². The van der Waals surface area contributed by atoms with Gasteiger partial charge in [-0.15, -0.1) is 34.8 Å². The molecule has 1 aliphatic rings. The molecule has 0 aromatic heterocycles.